The van der Waals surface area contributed by atoms with E-state index in [9.17, 15) is 4.79 Å². The van der Waals surface area contributed by atoms with Crippen LogP contribution < -0.4 is 0 Å². The number of rotatable bonds is 1. The first-order valence-electron chi connectivity index (χ1n) is 5.14. The van der Waals surface area contributed by atoms with Crippen molar-refractivity contribution in [3.8, 4) is 5.75 Å². The molecule has 2 N–H and O–H groups in total. The topological polar surface area (TPSA) is 57.5 Å². The molecule has 3 nitrogen and oxygen atoms in total. The molecule has 0 aliphatic heterocycles. The lowest BCUT2D eigenvalue weighted by Gasteiger charge is -1.98. The molecule has 0 saturated carbocycles. The SMILES string of the molecule is CC.CC.Cc1ccc(C(=O)O)c(O)c1. The molecule has 0 heterocycles. The molecule has 1 aromatic rings. The standard InChI is InChI=1S/C8H8O3.2C2H6/c1-5-2-3-6(8(10)11)7(9)4-5;2*1-2/h2-4,9H,1H3,(H,10,11);2*1-2H3. The summed E-state index contributed by atoms with van der Waals surface area (Å²) < 4.78 is 0. The first-order valence-corrected chi connectivity index (χ1v) is 5.14. The molecule has 3 heteroatoms. The number of benzene rings is 1. The van der Waals surface area contributed by atoms with Crippen molar-refractivity contribution in [2.45, 2.75) is 34.6 Å². The summed E-state index contributed by atoms with van der Waals surface area (Å²) in [6.07, 6.45) is 0. The minimum Gasteiger partial charge on any atom is -0.507 e. The highest BCUT2D eigenvalue weighted by atomic mass is 16.4. The van der Waals surface area contributed by atoms with E-state index in [1.807, 2.05) is 27.7 Å². The Morgan fingerprint density at radius 2 is 1.60 bits per heavy atom. The quantitative estimate of drug-likeness (QED) is 0.749. The van der Waals surface area contributed by atoms with Gasteiger partial charge in [0.1, 0.15) is 11.3 Å². The van der Waals surface area contributed by atoms with E-state index in [1.165, 1.54) is 12.1 Å². The van der Waals surface area contributed by atoms with Gasteiger partial charge in [-0.2, -0.15) is 0 Å². The van der Waals surface area contributed by atoms with Crippen LogP contribution in [0.5, 0.6) is 5.75 Å². The van der Waals surface area contributed by atoms with Crippen molar-refractivity contribution in [1.82, 2.24) is 0 Å². The van der Waals surface area contributed by atoms with Crippen LogP contribution in [0.25, 0.3) is 0 Å². The molecule has 0 aromatic heterocycles. The maximum absolute atomic E-state index is 10.4. The second-order valence-corrected chi connectivity index (χ2v) is 2.33. The average molecular weight is 212 g/mol. The third-order valence-electron chi connectivity index (χ3n) is 1.38. The lowest BCUT2D eigenvalue weighted by atomic mass is 10.1. The number of carboxylic acids is 1. The van der Waals surface area contributed by atoms with E-state index >= 15 is 0 Å². The Bertz CT molecular complexity index is 293. The molecule has 86 valence electrons. The second-order valence-electron chi connectivity index (χ2n) is 2.33. The summed E-state index contributed by atoms with van der Waals surface area (Å²) in [7, 11) is 0. The highest BCUT2D eigenvalue weighted by Crippen LogP contribution is 2.17. The van der Waals surface area contributed by atoms with Crippen LogP contribution in [0.2, 0.25) is 0 Å². The number of aromatic hydroxyl groups is 1. The summed E-state index contributed by atoms with van der Waals surface area (Å²) in [5, 5.41) is 17.6. The molecule has 0 aliphatic carbocycles. The van der Waals surface area contributed by atoms with Crippen LogP contribution in [0.1, 0.15) is 43.6 Å². The normalized spacial score (nSPS) is 7.80. The molecule has 15 heavy (non-hydrogen) atoms. The third-order valence-corrected chi connectivity index (χ3v) is 1.38. The lowest BCUT2D eigenvalue weighted by Crippen LogP contribution is -1.96. The molecule has 0 bridgehead atoms. The molecular weight excluding hydrogens is 192 g/mol. The van der Waals surface area contributed by atoms with Gasteiger partial charge in [0, 0.05) is 0 Å². The summed E-state index contributed by atoms with van der Waals surface area (Å²) >= 11 is 0. The number of aryl methyl sites for hydroxylation is 1. The van der Waals surface area contributed by atoms with Crippen molar-refractivity contribution >= 4 is 5.97 Å². The summed E-state index contributed by atoms with van der Waals surface area (Å²) in [5.74, 6) is -1.29. The van der Waals surface area contributed by atoms with E-state index in [0.717, 1.165) is 5.56 Å². The Balaban J connectivity index is 0. The molecule has 0 aliphatic rings. The van der Waals surface area contributed by atoms with Gasteiger partial charge in [-0.25, -0.2) is 4.79 Å². The van der Waals surface area contributed by atoms with Gasteiger partial charge in [0.2, 0.25) is 0 Å². The number of hydrogen-bond donors (Lipinski definition) is 2. The first-order chi connectivity index (χ1) is 7.11. The van der Waals surface area contributed by atoms with Gasteiger partial charge in [0.15, 0.2) is 0 Å². The molecule has 0 fully saturated rings. The number of phenols is 1. The fourth-order valence-electron chi connectivity index (χ4n) is 0.823. The Morgan fingerprint density at radius 3 is 1.93 bits per heavy atom. The highest BCUT2D eigenvalue weighted by molar-refractivity contribution is 5.90. The first kappa shape index (κ1) is 15.9. The Labute approximate surface area is 91.4 Å². The van der Waals surface area contributed by atoms with Crippen molar-refractivity contribution < 1.29 is 15.0 Å². The third kappa shape index (κ3) is 5.73. The van der Waals surface area contributed by atoms with Crippen LogP contribution in [0, 0.1) is 6.92 Å². The maximum Gasteiger partial charge on any atom is 0.339 e. The number of carboxylic acid groups (broad SMARTS) is 1. The molecule has 1 aromatic carbocycles. The summed E-state index contributed by atoms with van der Waals surface area (Å²) in [6, 6.07) is 4.44. The van der Waals surface area contributed by atoms with Crippen LogP contribution in [0.4, 0.5) is 0 Å². The molecule has 0 amide bonds. The van der Waals surface area contributed by atoms with E-state index in [2.05, 4.69) is 0 Å². The average Bonchev–Trinajstić information content (AvgIpc) is 2.23. The smallest absolute Gasteiger partial charge is 0.339 e. The van der Waals surface area contributed by atoms with E-state index < -0.39 is 5.97 Å². The van der Waals surface area contributed by atoms with Crippen LogP contribution >= 0.6 is 0 Å². The minimum absolute atomic E-state index is 0.0596. The van der Waals surface area contributed by atoms with Crippen molar-refractivity contribution in [2.75, 3.05) is 0 Å². The maximum atomic E-state index is 10.4. The van der Waals surface area contributed by atoms with Gasteiger partial charge in [-0.1, -0.05) is 33.8 Å². The zero-order valence-electron chi connectivity index (χ0n) is 10.0. The van der Waals surface area contributed by atoms with Gasteiger partial charge in [-0.3, -0.25) is 0 Å². The highest BCUT2D eigenvalue weighted by Gasteiger charge is 2.07. The Morgan fingerprint density at radius 1 is 1.13 bits per heavy atom. The summed E-state index contributed by atoms with van der Waals surface area (Å²) in [6.45, 7) is 9.78. The summed E-state index contributed by atoms with van der Waals surface area (Å²) in [5.41, 5.74) is 0.781. The van der Waals surface area contributed by atoms with E-state index in [0.29, 0.717) is 0 Å². The number of hydrogen-bond acceptors (Lipinski definition) is 2. The van der Waals surface area contributed by atoms with Gasteiger partial charge in [0.25, 0.3) is 0 Å². The van der Waals surface area contributed by atoms with Gasteiger partial charge in [-0.05, 0) is 24.6 Å². The zero-order valence-corrected chi connectivity index (χ0v) is 10.0. The Kier molecular flexibility index (Phi) is 9.63. The van der Waals surface area contributed by atoms with Crippen LogP contribution in [0.15, 0.2) is 18.2 Å². The van der Waals surface area contributed by atoms with Crippen LogP contribution in [-0.2, 0) is 0 Å². The zero-order chi connectivity index (χ0) is 12.4. The fraction of sp³-hybridized carbons (Fsp3) is 0.417. The largest absolute Gasteiger partial charge is 0.507 e. The molecule has 0 radical (unpaired) electrons. The lowest BCUT2D eigenvalue weighted by molar-refractivity contribution is 0.0694. The van der Waals surface area contributed by atoms with E-state index in [4.69, 9.17) is 10.2 Å². The van der Waals surface area contributed by atoms with Crippen molar-refractivity contribution in [2.24, 2.45) is 0 Å². The molecular formula is C12H20O3. The predicted molar refractivity (Wildman–Crippen MR) is 62.5 cm³/mol. The second kappa shape index (κ2) is 9.06. The molecule has 1 rings (SSSR count). The van der Waals surface area contributed by atoms with Gasteiger partial charge in [0.05, 0.1) is 0 Å². The van der Waals surface area contributed by atoms with Crippen molar-refractivity contribution in [3.05, 3.63) is 29.3 Å². The molecule has 0 unspecified atom stereocenters. The van der Waals surface area contributed by atoms with Gasteiger partial charge in [-0.15, -0.1) is 0 Å². The van der Waals surface area contributed by atoms with Crippen molar-refractivity contribution in [1.29, 1.82) is 0 Å². The van der Waals surface area contributed by atoms with E-state index in [-0.39, 0.29) is 11.3 Å². The van der Waals surface area contributed by atoms with Crippen LogP contribution in [0.3, 0.4) is 0 Å². The van der Waals surface area contributed by atoms with Gasteiger partial charge >= 0.3 is 5.97 Å². The monoisotopic (exact) mass is 212 g/mol. The fourth-order valence-corrected chi connectivity index (χ4v) is 0.823. The summed E-state index contributed by atoms with van der Waals surface area (Å²) in [4.78, 5) is 10.4. The minimum atomic E-state index is -1.11. The van der Waals surface area contributed by atoms with Gasteiger partial charge < -0.3 is 10.2 Å². The number of aromatic carboxylic acids is 1. The van der Waals surface area contributed by atoms with Crippen molar-refractivity contribution in [3.63, 3.8) is 0 Å². The molecule has 0 atom stereocenters. The number of carbonyl (C=O) groups is 1. The van der Waals surface area contributed by atoms with E-state index in [1.54, 1.807) is 13.0 Å². The molecule has 0 saturated heterocycles. The molecule has 0 spiro atoms. The Hall–Kier alpha value is -1.51. The van der Waals surface area contributed by atoms with Crippen LogP contribution in [-0.4, -0.2) is 16.2 Å². The predicted octanol–water partition coefficient (Wildman–Crippen LogP) is 3.45.